The van der Waals surface area contributed by atoms with E-state index >= 15 is 0 Å². The average molecular weight is 322 g/mol. The highest BCUT2D eigenvalue weighted by molar-refractivity contribution is 5.91. The fraction of sp³-hybridized carbons (Fsp3) is 0.667. The molecule has 1 amide bonds. The van der Waals surface area contributed by atoms with Gasteiger partial charge in [0.15, 0.2) is 0 Å². The van der Waals surface area contributed by atoms with E-state index < -0.39 is 0 Å². The van der Waals surface area contributed by atoms with Crippen molar-refractivity contribution in [3.63, 3.8) is 0 Å². The predicted molar refractivity (Wildman–Crippen MR) is 92.9 cm³/mol. The first-order valence-electron chi connectivity index (χ1n) is 8.64. The fourth-order valence-electron chi connectivity index (χ4n) is 2.74. The van der Waals surface area contributed by atoms with E-state index in [1.807, 2.05) is 26.8 Å². The Kier molecular flexibility index (Phi) is 8.45. The van der Waals surface area contributed by atoms with Crippen LogP contribution in [0.5, 0.6) is 0 Å². The number of amides is 1. The van der Waals surface area contributed by atoms with Crippen molar-refractivity contribution in [2.75, 3.05) is 19.7 Å². The number of hydrogen-bond acceptors (Lipinski definition) is 4. The van der Waals surface area contributed by atoms with Crippen molar-refractivity contribution >= 4 is 11.8 Å². The first-order chi connectivity index (χ1) is 11.2. The molecule has 1 heterocycles. The number of likely N-dealkylation sites (tertiary alicyclic amines) is 1. The molecule has 1 aliphatic carbocycles. The predicted octanol–water partition coefficient (Wildman–Crippen LogP) is 4.23. The van der Waals surface area contributed by atoms with Crippen LogP contribution in [-0.2, 0) is 4.74 Å². The molecule has 23 heavy (non-hydrogen) atoms. The van der Waals surface area contributed by atoms with Gasteiger partial charge in [0.05, 0.1) is 5.71 Å². The van der Waals surface area contributed by atoms with E-state index in [0.717, 1.165) is 37.0 Å². The molecule has 1 atom stereocenters. The highest BCUT2D eigenvalue weighted by Crippen LogP contribution is 2.36. The van der Waals surface area contributed by atoms with Crippen molar-refractivity contribution < 1.29 is 14.7 Å². The summed E-state index contributed by atoms with van der Waals surface area (Å²) in [6.07, 6.45) is 7.36. The molecule has 1 aliphatic heterocycles. The molecular weight excluding hydrogens is 292 g/mol. The molecule has 2 fully saturated rings. The van der Waals surface area contributed by atoms with Crippen LogP contribution in [0.25, 0.3) is 0 Å². The molecule has 2 aliphatic rings. The molecule has 1 N–H and O–H groups in total. The van der Waals surface area contributed by atoms with Crippen LogP contribution >= 0.6 is 0 Å². The summed E-state index contributed by atoms with van der Waals surface area (Å²) in [5, 5.41) is 12.6. The van der Waals surface area contributed by atoms with Gasteiger partial charge in [0.1, 0.15) is 6.61 Å². The van der Waals surface area contributed by atoms with E-state index in [0.29, 0.717) is 19.0 Å². The summed E-state index contributed by atoms with van der Waals surface area (Å²) >= 11 is 0. The van der Waals surface area contributed by atoms with Crippen molar-refractivity contribution in [2.24, 2.45) is 17.0 Å². The molecule has 5 nitrogen and oxygen atoms in total. The Labute approximate surface area is 139 Å². The van der Waals surface area contributed by atoms with Crippen LogP contribution in [0.1, 0.15) is 46.5 Å². The molecule has 0 aromatic heterocycles. The number of carbonyl (C=O) groups excluding carboxylic acids is 1. The second-order valence-electron chi connectivity index (χ2n) is 5.68. The lowest BCUT2D eigenvalue weighted by molar-refractivity contribution is 0.119. The average Bonchev–Trinajstić information content (AvgIpc) is 3.30. The minimum atomic E-state index is -0.297. The summed E-state index contributed by atoms with van der Waals surface area (Å²) in [6.45, 7) is 11.3. The zero-order valence-corrected chi connectivity index (χ0v) is 14.6. The summed E-state index contributed by atoms with van der Waals surface area (Å²) in [5.41, 5.74) is 1.79. The SMILES string of the molecule is C=C/C(=C\CC)COC(=O)N1CCC(/C(=N\O)C2CC2)C1.CC. The minimum absolute atomic E-state index is 0.181. The monoisotopic (exact) mass is 322 g/mol. The van der Waals surface area contributed by atoms with Crippen LogP contribution < -0.4 is 0 Å². The zero-order valence-electron chi connectivity index (χ0n) is 14.6. The maximum Gasteiger partial charge on any atom is 0.410 e. The smallest absolute Gasteiger partial charge is 0.410 e. The number of oxime groups is 1. The highest BCUT2D eigenvalue weighted by Gasteiger charge is 2.38. The third kappa shape index (κ3) is 5.73. The van der Waals surface area contributed by atoms with Gasteiger partial charge in [-0.3, -0.25) is 0 Å². The van der Waals surface area contributed by atoms with Crippen molar-refractivity contribution in [2.45, 2.75) is 46.5 Å². The van der Waals surface area contributed by atoms with Crippen LogP contribution in [0.3, 0.4) is 0 Å². The third-order valence-electron chi connectivity index (χ3n) is 4.07. The summed E-state index contributed by atoms with van der Waals surface area (Å²) in [6, 6.07) is 0. The maximum absolute atomic E-state index is 12.1. The van der Waals surface area contributed by atoms with E-state index in [4.69, 9.17) is 9.94 Å². The van der Waals surface area contributed by atoms with Crippen LogP contribution in [0.4, 0.5) is 4.79 Å². The van der Waals surface area contributed by atoms with Crippen molar-refractivity contribution in [1.82, 2.24) is 4.90 Å². The van der Waals surface area contributed by atoms with Gasteiger partial charge in [0.25, 0.3) is 0 Å². The molecule has 0 aromatic carbocycles. The topological polar surface area (TPSA) is 62.1 Å². The third-order valence-corrected chi connectivity index (χ3v) is 4.07. The van der Waals surface area contributed by atoms with E-state index in [1.165, 1.54) is 0 Å². The van der Waals surface area contributed by atoms with Gasteiger partial charge in [0.2, 0.25) is 0 Å². The number of ether oxygens (including phenoxy) is 1. The zero-order chi connectivity index (χ0) is 17.2. The van der Waals surface area contributed by atoms with Crippen molar-refractivity contribution in [3.8, 4) is 0 Å². The molecule has 1 saturated heterocycles. The Morgan fingerprint density at radius 3 is 2.57 bits per heavy atom. The Hall–Kier alpha value is -1.78. The van der Waals surface area contributed by atoms with Crippen molar-refractivity contribution in [3.05, 3.63) is 24.3 Å². The summed E-state index contributed by atoms with van der Waals surface area (Å²) < 4.78 is 5.31. The molecule has 0 bridgehead atoms. The van der Waals surface area contributed by atoms with Crippen LogP contribution in [0, 0.1) is 11.8 Å². The number of hydrogen-bond donors (Lipinski definition) is 1. The van der Waals surface area contributed by atoms with Crippen LogP contribution in [-0.4, -0.2) is 41.6 Å². The Morgan fingerprint density at radius 2 is 2.04 bits per heavy atom. The van der Waals surface area contributed by atoms with Gasteiger partial charge in [-0.15, -0.1) is 0 Å². The minimum Gasteiger partial charge on any atom is -0.445 e. The number of rotatable bonds is 6. The largest absolute Gasteiger partial charge is 0.445 e. The molecule has 2 rings (SSSR count). The molecule has 130 valence electrons. The first-order valence-corrected chi connectivity index (χ1v) is 8.64. The fourth-order valence-corrected chi connectivity index (χ4v) is 2.74. The molecule has 1 saturated carbocycles. The summed E-state index contributed by atoms with van der Waals surface area (Å²) in [4.78, 5) is 13.8. The van der Waals surface area contributed by atoms with E-state index in [-0.39, 0.29) is 18.6 Å². The Morgan fingerprint density at radius 1 is 1.35 bits per heavy atom. The molecule has 5 heteroatoms. The number of allylic oxidation sites excluding steroid dienone is 1. The van der Waals surface area contributed by atoms with E-state index in [9.17, 15) is 4.79 Å². The molecular formula is C18H30N2O3. The van der Waals surface area contributed by atoms with Crippen LogP contribution in [0.2, 0.25) is 0 Å². The summed E-state index contributed by atoms with van der Waals surface area (Å²) in [5.74, 6) is 0.607. The van der Waals surface area contributed by atoms with Gasteiger partial charge in [-0.1, -0.05) is 44.7 Å². The molecule has 0 aromatic rings. The van der Waals surface area contributed by atoms with Gasteiger partial charge >= 0.3 is 6.09 Å². The van der Waals surface area contributed by atoms with Gasteiger partial charge in [-0.25, -0.2) is 4.79 Å². The van der Waals surface area contributed by atoms with E-state index in [2.05, 4.69) is 11.7 Å². The quantitative estimate of drug-likeness (QED) is 0.344. The second-order valence-corrected chi connectivity index (χ2v) is 5.68. The normalized spacial score (nSPS) is 21.5. The first kappa shape index (κ1) is 19.3. The maximum atomic E-state index is 12.1. The lowest BCUT2D eigenvalue weighted by atomic mass is 9.99. The van der Waals surface area contributed by atoms with E-state index in [1.54, 1.807) is 11.0 Å². The van der Waals surface area contributed by atoms with Gasteiger partial charge in [-0.2, -0.15) is 0 Å². The Balaban J connectivity index is 0.00000127. The Bertz CT molecular complexity index is 453. The second kappa shape index (κ2) is 10.1. The summed E-state index contributed by atoms with van der Waals surface area (Å²) in [7, 11) is 0. The number of nitrogens with zero attached hydrogens (tertiary/aromatic N) is 2. The molecule has 1 unspecified atom stereocenters. The number of carbonyl (C=O) groups is 1. The lowest BCUT2D eigenvalue weighted by Gasteiger charge is -2.17. The van der Waals surface area contributed by atoms with Gasteiger partial charge < -0.3 is 14.8 Å². The standard InChI is InChI=1S/C16H24N2O3.C2H6/c1-3-5-12(4-2)11-21-16(19)18-9-8-14(10-18)15(17-20)13-6-7-13;1-2/h4-5,13-14,20H,2-3,6-11H2,1H3;1-2H3/b12-5+,17-15-;. The molecule has 0 radical (unpaired) electrons. The van der Waals surface area contributed by atoms with Gasteiger partial charge in [-0.05, 0) is 31.3 Å². The highest BCUT2D eigenvalue weighted by atomic mass is 16.6. The van der Waals surface area contributed by atoms with Crippen LogP contribution in [0.15, 0.2) is 29.5 Å². The lowest BCUT2D eigenvalue weighted by Crippen LogP contribution is -2.31. The molecule has 0 spiro atoms. The van der Waals surface area contributed by atoms with Gasteiger partial charge in [0, 0.05) is 24.9 Å². The van der Waals surface area contributed by atoms with Crippen molar-refractivity contribution in [1.29, 1.82) is 0 Å².